The van der Waals surface area contributed by atoms with Crippen LogP contribution in [0.5, 0.6) is 0 Å². The van der Waals surface area contributed by atoms with E-state index in [1.165, 1.54) is 0 Å². The topological polar surface area (TPSA) is 0 Å². The Morgan fingerprint density at radius 2 is 1.25 bits per heavy atom. The van der Waals surface area contributed by atoms with Crippen LogP contribution in [0.15, 0.2) is 0 Å². The van der Waals surface area contributed by atoms with Crippen molar-refractivity contribution in [3.05, 3.63) is 0 Å². The summed E-state index contributed by atoms with van der Waals surface area (Å²) in [6.07, 6.45) is 0. The fourth-order valence-electron chi connectivity index (χ4n) is 0. The van der Waals surface area contributed by atoms with E-state index in [4.69, 9.17) is 0 Å². The van der Waals surface area contributed by atoms with Crippen LogP contribution < -0.4 is 0 Å². The van der Waals surface area contributed by atoms with Gasteiger partial charge >= 0.3 is 23.1 Å². The monoisotopic (exact) mass is 139 g/mol. The van der Waals surface area contributed by atoms with Gasteiger partial charge in [-0.3, -0.25) is 0 Å². The SMILES string of the molecule is [AlH3].[Cr].[H-].[H-].[Mg+2].[SiH3]. The van der Waals surface area contributed by atoms with E-state index in [0.717, 1.165) is 0 Å². The van der Waals surface area contributed by atoms with E-state index in [0.29, 0.717) is 0 Å². The van der Waals surface area contributed by atoms with E-state index in [-0.39, 0.29) is 71.6 Å². The van der Waals surface area contributed by atoms with Gasteiger partial charge in [0.25, 0.3) is 0 Å². The quantitative estimate of drug-likeness (QED) is 0.325. The molecule has 0 aromatic rings. The molecule has 0 aliphatic heterocycles. The predicted octanol–water partition coefficient (Wildman–Crippen LogP) is -2.53. The first kappa shape index (κ1) is 36.7. The third-order valence-electron chi connectivity index (χ3n) is 0. The molecule has 4 heteroatoms. The second-order valence-electron chi connectivity index (χ2n) is 0. The number of rotatable bonds is 0. The van der Waals surface area contributed by atoms with Gasteiger partial charge in [-0.1, -0.05) is 0 Å². The van der Waals surface area contributed by atoms with Crippen LogP contribution in [0, 0.1) is 0 Å². The van der Waals surface area contributed by atoms with Gasteiger partial charge in [0.05, 0.1) is 0 Å². The van der Waals surface area contributed by atoms with Gasteiger partial charge in [-0.2, -0.15) is 0 Å². The molecule has 0 fully saturated rings. The van der Waals surface area contributed by atoms with Crippen LogP contribution in [0.3, 0.4) is 0 Å². The molecule has 0 saturated carbocycles. The third-order valence-corrected chi connectivity index (χ3v) is 0. The molecule has 0 spiro atoms. The molecule has 0 unspecified atom stereocenters. The van der Waals surface area contributed by atoms with Gasteiger partial charge in [0.1, 0.15) is 0 Å². The Morgan fingerprint density at radius 1 is 1.25 bits per heavy atom. The summed E-state index contributed by atoms with van der Waals surface area (Å²) < 4.78 is 0. The molecule has 0 N–H and O–H groups in total. The Balaban J connectivity index is 0. The van der Waals surface area contributed by atoms with Crippen molar-refractivity contribution in [3.63, 3.8) is 0 Å². The zero-order valence-corrected chi connectivity index (χ0v) is 6.80. The molecule has 0 amide bonds. The van der Waals surface area contributed by atoms with E-state index >= 15 is 0 Å². The Morgan fingerprint density at radius 3 is 1.25 bits per heavy atom. The first-order valence-electron chi connectivity index (χ1n) is 0. The maximum Gasteiger partial charge on any atom is 2.00 e. The second kappa shape index (κ2) is 19.7. The summed E-state index contributed by atoms with van der Waals surface area (Å²) in [5, 5.41) is 0. The molecular weight excluding hydrogens is 131 g/mol. The Kier molecular flexibility index (Phi) is 181. The van der Waals surface area contributed by atoms with Gasteiger partial charge in [0, 0.05) is 17.4 Å². The summed E-state index contributed by atoms with van der Waals surface area (Å²) in [5.74, 6) is 0. The van der Waals surface area contributed by atoms with Crippen LogP contribution in [0.1, 0.15) is 2.85 Å². The number of hydrogen-bond acceptors (Lipinski definition) is 0. The van der Waals surface area contributed by atoms with Crippen molar-refractivity contribution in [1.29, 1.82) is 0 Å². The minimum atomic E-state index is 0. The molecule has 0 nitrogen and oxygen atoms in total. The van der Waals surface area contributed by atoms with E-state index in [1.807, 2.05) is 0 Å². The molecule has 4 heavy (non-hydrogen) atoms. The van der Waals surface area contributed by atoms with Gasteiger partial charge < -0.3 is 2.85 Å². The van der Waals surface area contributed by atoms with Crippen LogP contribution >= 0.6 is 0 Å². The maximum absolute atomic E-state index is 0. The molecule has 0 rings (SSSR count). The third kappa shape index (κ3) is 8.97. The van der Waals surface area contributed by atoms with Crippen LogP contribution in [0.4, 0.5) is 0 Å². The van der Waals surface area contributed by atoms with Crippen LogP contribution in [-0.2, 0) is 17.4 Å². The Labute approximate surface area is 71.1 Å². The van der Waals surface area contributed by atoms with E-state index < -0.39 is 0 Å². The molecule has 0 aromatic carbocycles. The van der Waals surface area contributed by atoms with Crippen molar-refractivity contribution in [2.45, 2.75) is 0 Å². The summed E-state index contributed by atoms with van der Waals surface area (Å²) in [7, 11) is 0. The summed E-state index contributed by atoms with van der Waals surface area (Å²) in [6.45, 7) is 0. The molecule has 0 aliphatic rings. The molecule has 0 saturated heterocycles. The van der Waals surface area contributed by atoms with Crippen molar-refractivity contribution < 1.29 is 20.2 Å². The van der Waals surface area contributed by atoms with Gasteiger partial charge in [-0.25, -0.2) is 0 Å². The summed E-state index contributed by atoms with van der Waals surface area (Å²) in [4.78, 5) is 0. The molecule has 0 atom stereocenters. The fourth-order valence-corrected chi connectivity index (χ4v) is 0. The molecule has 0 heterocycles. The Bertz CT molecular complexity index is 13.5. The summed E-state index contributed by atoms with van der Waals surface area (Å²) in [6, 6.07) is 0. The smallest absolute Gasteiger partial charge is 1.00 e. The molecule has 1 radical (unpaired) electrons. The zero-order valence-electron chi connectivity index (χ0n) is 4.12. The van der Waals surface area contributed by atoms with Crippen molar-refractivity contribution in [1.82, 2.24) is 0 Å². The van der Waals surface area contributed by atoms with Crippen molar-refractivity contribution in [2.75, 3.05) is 0 Å². The minimum absolute atomic E-state index is 0. The van der Waals surface area contributed by atoms with Crippen LogP contribution in [-0.4, -0.2) is 51.4 Å². The number of hydrogen-bond donors (Lipinski definition) is 0. The van der Waals surface area contributed by atoms with Crippen LogP contribution in [0.25, 0.3) is 0 Å². The van der Waals surface area contributed by atoms with Gasteiger partial charge in [0.15, 0.2) is 17.4 Å². The normalized spacial score (nSPS) is 0. The standard InChI is InChI=1S/Al.Cr.Mg.H3Si.5H/h;;;1H3;;;;;/q;;+2;;;;;2*-1. The fraction of sp³-hybridized carbons (Fsp3) is 0. The first-order valence-corrected chi connectivity index (χ1v) is 0. The van der Waals surface area contributed by atoms with E-state index in [2.05, 4.69) is 0 Å². The summed E-state index contributed by atoms with van der Waals surface area (Å²) in [5.41, 5.74) is 0. The van der Waals surface area contributed by atoms with Crippen molar-refractivity contribution in [3.8, 4) is 0 Å². The molecule has 0 aromatic heterocycles. The predicted molar refractivity (Wildman–Crippen MR) is 27.9 cm³/mol. The maximum atomic E-state index is 0. The van der Waals surface area contributed by atoms with Gasteiger partial charge in [-0.15, -0.1) is 0 Å². The van der Waals surface area contributed by atoms with Gasteiger partial charge in [0.2, 0.25) is 0 Å². The van der Waals surface area contributed by atoms with Gasteiger partial charge in [-0.05, 0) is 11.0 Å². The molecule has 23 valence electrons. The van der Waals surface area contributed by atoms with Crippen LogP contribution in [0.2, 0.25) is 0 Å². The second-order valence-corrected chi connectivity index (χ2v) is 0. The first-order chi connectivity index (χ1) is 0. The zero-order chi connectivity index (χ0) is 0. The largest absolute Gasteiger partial charge is 2.00 e. The summed E-state index contributed by atoms with van der Waals surface area (Å²) >= 11 is 0. The van der Waals surface area contributed by atoms with E-state index in [1.54, 1.807) is 0 Å². The van der Waals surface area contributed by atoms with Crippen molar-refractivity contribution >= 4 is 51.4 Å². The minimum Gasteiger partial charge on any atom is -1.00 e. The molecule has 0 bridgehead atoms. The van der Waals surface area contributed by atoms with Crippen molar-refractivity contribution in [2.24, 2.45) is 0 Å². The molecular formula is H8AlCrMgSi. The molecule has 0 aliphatic carbocycles. The van der Waals surface area contributed by atoms with E-state index in [9.17, 15) is 0 Å². The average molecular weight is 139 g/mol. The Hall–Kier alpha value is 2.05. The average Bonchev–Trinajstić information content (AvgIpc) is 0.